The number of pyridine rings is 1. The zero-order valence-electron chi connectivity index (χ0n) is 19.6. The number of carbonyl (C=O) groups excluding carboxylic acids is 1. The number of fused-ring (bicyclic) bond motifs is 1. The van der Waals surface area contributed by atoms with Gasteiger partial charge in [-0.15, -0.1) is 10.2 Å². The number of amides is 1. The van der Waals surface area contributed by atoms with Crippen LogP contribution in [0.4, 0.5) is 23.4 Å². The molecule has 3 aromatic heterocycles. The number of halogens is 4. The number of hydrogen-bond acceptors (Lipinski definition) is 5. The number of hydrogen-bond donors (Lipinski definition) is 1. The Hall–Kier alpha value is -4.09. The van der Waals surface area contributed by atoms with Crippen LogP contribution in [0, 0.1) is 12.7 Å². The first-order chi connectivity index (χ1) is 17.7. The van der Waals surface area contributed by atoms with E-state index in [0.29, 0.717) is 17.2 Å². The van der Waals surface area contributed by atoms with Crippen LogP contribution in [0.2, 0.25) is 0 Å². The lowest BCUT2D eigenvalue weighted by Crippen LogP contribution is -2.24. The number of aryl methyl sites for hydroxylation is 2. The minimum Gasteiger partial charge on any atom is -0.306 e. The molecule has 4 aromatic rings. The highest BCUT2D eigenvalue weighted by Gasteiger charge is 2.46. The number of anilines is 1. The Bertz CT molecular complexity index is 1520. The van der Waals surface area contributed by atoms with Crippen LogP contribution >= 0.6 is 0 Å². The fourth-order valence-electron chi connectivity index (χ4n) is 4.69. The summed E-state index contributed by atoms with van der Waals surface area (Å²) in [5, 5.41) is 10.3. The van der Waals surface area contributed by atoms with Gasteiger partial charge in [0.1, 0.15) is 29.2 Å². The summed E-state index contributed by atoms with van der Waals surface area (Å²) in [6.07, 6.45) is 1.29. The fourth-order valence-corrected chi connectivity index (χ4v) is 4.69. The molecule has 0 radical (unpaired) electrons. The first-order valence-corrected chi connectivity index (χ1v) is 11.8. The predicted molar refractivity (Wildman–Crippen MR) is 125 cm³/mol. The van der Waals surface area contributed by atoms with E-state index in [1.165, 1.54) is 30.3 Å². The quantitative estimate of drug-likeness (QED) is 0.374. The summed E-state index contributed by atoms with van der Waals surface area (Å²) in [6.45, 7) is 1.74. The van der Waals surface area contributed by atoms with E-state index in [-0.39, 0.29) is 41.6 Å². The molecule has 0 saturated heterocycles. The molecule has 1 aliphatic heterocycles. The highest BCUT2D eigenvalue weighted by molar-refractivity contribution is 6.04. The normalized spacial score (nSPS) is 17.2. The van der Waals surface area contributed by atoms with Gasteiger partial charge < -0.3 is 9.88 Å². The number of aromatic nitrogens is 6. The summed E-state index contributed by atoms with van der Waals surface area (Å²) < 4.78 is 58.2. The maximum absolute atomic E-state index is 14.8. The molecule has 1 atom stereocenters. The number of nitrogens with one attached hydrogen (secondary N) is 1. The first kappa shape index (κ1) is 23.3. The molecule has 1 amide bonds. The molecule has 0 spiro atoms. The van der Waals surface area contributed by atoms with Crippen LogP contribution in [0.1, 0.15) is 58.7 Å². The minimum atomic E-state index is -4.45. The Morgan fingerprint density at radius 2 is 1.95 bits per heavy atom. The molecule has 1 fully saturated rings. The van der Waals surface area contributed by atoms with Gasteiger partial charge in [0.15, 0.2) is 5.82 Å². The third-order valence-corrected chi connectivity index (χ3v) is 6.72. The summed E-state index contributed by atoms with van der Waals surface area (Å²) in [5.74, 6) is -0.776. The monoisotopic (exact) mass is 511 g/mol. The van der Waals surface area contributed by atoms with Crippen molar-refractivity contribution in [3.05, 3.63) is 71.3 Å². The largest absolute Gasteiger partial charge is 0.409 e. The van der Waals surface area contributed by atoms with E-state index in [2.05, 4.69) is 25.5 Å². The highest BCUT2D eigenvalue weighted by atomic mass is 19.4. The van der Waals surface area contributed by atoms with Gasteiger partial charge in [-0.1, -0.05) is 6.07 Å². The van der Waals surface area contributed by atoms with E-state index >= 15 is 0 Å². The van der Waals surface area contributed by atoms with Gasteiger partial charge in [-0.2, -0.15) is 13.2 Å². The Kier molecular flexibility index (Phi) is 5.35. The Balaban J connectivity index is 1.28. The van der Waals surface area contributed by atoms with Crippen molar-refractivity contribution in [1.82, 2.24) is 29.3 Å². The second kappa shape index (κ2) is 8.49. The molecule has 4 heterocycles. The second-order valence-electron chi connectivity index (χ2n) is 9.37. The molecule has 190 valence electrons. The predicted octanol–water partition coefficient (Wildman–Crippen LogP) is 5.15. The molecule has 37 heavy (non-hydrogen) atoms. The summed E-state index contributed by atoms with van der Waals surface area (Å²) >= 11 is 0. The summed E-state index contributed by atoms with van der Waals surface area (Å²) in [7, 11) is 0. The van der Waals surface area contributed by atoms with Crippen molar-refractivity contribution < 1.29 is 22.4 Å². The number of rotatable bonds is 5. The van der Waals surface area contributed by atoms with Crippen molar-refractivity contribution in [1.29, 1.82) is 0 Å². The van der Waals surface area contributed by atoms with Gasteiger partial charge in [-0.25, -0.2) is 14.4 Å². The zero-order chi connectivity index (χ0) is 25.9. The average Bonchev–Trinajstić information content (AvgIpc) is 3.23. The fraction of sp³-hybridized carbons (Fsp3) is 0.320. The molecule has 8 nitrogen and oxygen atoms in total. The van der Waals surface area contributed by atoms with Gasteiger partial charge in [-0.05, 0) is 56.0 Å². The molecule has 2 aliphatic rings. The van der Waals surface area contributed by atoms with Gasteiger partial charge in [0, 0.05) is 18.5 Å². The minimum absolute atomic E-state index is 0.0405. The maximum atomic E-state index is 14.8. The number of carbonyl (C=O) groups is 1. The van der Waals surface area contributed by atoms with E-state index in [9.17, 15) is 22.4 Å². The van der Waals surface area contributed by atoms with Crippen molar-refractivity contribution in [3.8, 4) is 17.2 Å². The van der Waals surface area contributed by atoms with Crippen LogP contribution in [0.15, 0.2) is 42.9 Å². The molecular weight excluding hydrogens is 490 g/mol. The van der Waals surface area contributed by atoms with E-state index in [1.807, 2.05) is 6.20 Å². The molecule has 0 unspecified atom stereocenters. The lowest BCUT2D eigenvalue weighted by Gasteiger charge is -2.18. The second-order valence-corrected chi connectivity index (χ2v) is 9.37. The van der Waals surface area contributed by atoms with Crippen molar-refractivity contribution in [2.45, 2.75) is 50.7 Å². The van der Waals surface area contributed by atoms with Crippen LogP contribution in [-0.4, -0.2) is 41.4 Å². The number of nitrogens with zero attached hydrogens (tertiary/aromatic N) is 6. The van der Waals surface area contributed by atoms with Crippen LogP contribution in [0.25, 0.3) is 17.2 Å². The molecule has 0 bridgehead atoms. The van der Waals surface area contributed by atoms with Crippen LogP contribution < -0.4 is 5.32 Å². The van der Waals surface area contributed by atoms with E-state index < -0.39 is 23.9 Å². The molecule has 1 N–H and O–H groups in total. The summed E-state index contributed by atoms with van der Waals surface area (Å²) in [5.41, 5.74) is 2.13. The molecule has 12 heteroatoms. The summed E-state index contributed by atoms with van der Waals surface area (Å²) in [6, 6.07) is 5.47. The number of alkyl halides is 3. The van der Waals surface area contributed by atoms with Crippen molar-refractivity contribution in [3.63, 3.8) is 0 Å². The molecule has 1 aliphatic carbocycles. The lowest BCUT2D eigenvalue weighted by atomic mass is 10.1. The standard InChI is InChI=1S/C25H21F4N7O/c1-13-9-16(26)15(10-19(13)35-11-18(30-12-35)14-5-6-14)24(37)32-21-4-2-3-17(31-21)23-34-33-22-8-7-20(36(22)23)25(27,28)29/h2-4,9-12,14,20H,5-8H2,1H3,(H,31,32,37)/t20-/m1/s1. The van der Waals surface area contributed by atoms with Crippen molar-refractivity contribution in [2.24, 2.45) is 0 Å². The SMILES string of the molecule is Cc1cc(F)c(C(=O)Nc2cccc(-c3nnc4n3[C@@H](C(F)(F)F)CC4)n2)cc1-n1cnc(C2CC2)c1. The van der Waals surface area contributed by atoms with E-state index in [1.54, 1.807) is 17.8 Å². The molecule has 1 aromatic carbocycles. The Labute approximate surface area is 208 Å². The topological polar surface area (TPSA) is 90.5 Å². The van der Waals surface area contributed by atoms with Gasteiger partial charge in [-0.3, -0.25) is 9.36 Å². The van der Waals surface area contributed by atoms with E-state index in [4.69, 9.17) is 0 Å². The van der Waals surface area contributed by atoms with Gasteiger partial charge >= 0.3 is 6.18 Å². The third-order valence-electron chi connectivity index (χ3n) is 6.72. The maximum Gasteiger partial charge on any atom is 0.409 e. The zero-order valence-corrected chi connectivity index (χ0v) is 19.6. The van der Waals surface area contributed by atoms with Crippen LogP contribution in [-0.2, 0) is 6.42 Å². The number of imidazole rings is 1. The van der Waals surface area contributed by atoms with Crippen molar-refractivity contribution in [2.75, 3.05) is 5.32 Å². The van der Waals surface area contributed by atoms with Crippen molar-refractivity contribution >= 4 is 11.7 Å². The molecule has 1 saturated carbocycles. The molecular formula is C25H21F4N7O. The molecule has 6 rings (SSSR count). The van der Waals surface area contributed by atoms with Gasteiger partial charge in [0.2, 0.25) is 0 Å². The van der Waals surface area contributed by atoms with E-state index in [0.717, 1.165) is 23.1 Å². The van der Waals surface area contributed by atoms with Crippen LogP contribution in [0.3, 0.4) is 0 Å². The third kappa shape index (κ3) is 4.25. The number of benzene rings is 1. The van der Waals surface area contributed by atoms with Gasteiger partial charge in [0.25, 0.3) is 5.91 Å². The van der Waals surface area contributed by atoms with Crippen LogP contribution in [0.5, 0.6) is 0 Å². The summed E-state index contributed by atoms with van der Waals surface area (Å²) in [4.78, 5) is 21.7. The Morgan fingerprint density at radius 1 is 1.14 bits per heavy atom. The first-order valence-electron chi connectivity index (χ1n) is 11.8. The smallest absolute Gasteiger partial charge is 0.306 e. The lowest BCUT2D eigenvalue weighted by molar-refractivity contribution is -0.165. The van der Waals surface area contributed by atoms with Gasteiger partial charge in [0.05, 0.1) is 23.3 Å². The Morgan fingerprint density at radius 3 is 2.70 bits per heavy atom. The highest BCUT2D eigenvalue weighted by Crippen LogP contribution is 2.41. The average molecular weight is 511 g/mol.